The van der Waals surface area contributed by atoms with Crippen molar-refractivity contribution in [3.8, 4) is 11.8 Å². The van der Waals surface area contributed by atoms with Gasteiger partial charge in [0.05, 0.1) is 5.75 Å². The maximum Gasteiger partial charge on any atom is 0.446 e. The molecule has 0 aliphatic heterocycles. The molecule has 0 radical (unpaired) electrons. The molecule has 15 heavy (non-hydrogen) atoms. The van der Waals surface area contributed by atoms with E-state index in [9.17, 15) is 13.2 Å². The van der Waals surface area contributed by atoms with E-state index in [4.69, 9.17) is 0 Å². The summed E-state index contributed by atoms with van der Waals surface area (Å²) in [6.07, 6.45) is 0. The maximum atomic E-state index is 12.0. The average molecular weight is 248 g/mol. The molecule has 5 heteroatoms. The highest BCUT2D eigenvalue weighted by Gasteiger charge is 2.28. The molecule has 0 amide bonds. The lowest BCUT2D eigenvalue weighted by Crippen LogP contribution is -1.98. The lowest BCUT2D eigenvalue weighted by molar-refractivity contribution is -0.0328. The van der Waals surface area contributed by atoms with Crippen molar-refractivity contribution in [1.82, 2.24) is 0 Å². The molecule has 0 aliphatic carbocycles. The van der Waals surface area contributed by atoms with Gasteiger partial charge < -0.3 is 0 Å². The van der Waals surface area contributed by atoms with Crippen LogP contribution in [0.4, 0.5) is 13.2 Å². The minimum atomic E-state index is -4.24. The van der Waals surface area contributed by atoms with Gasteiger partial charge in [0.15, 0.2) is 0 Å². The van der Waals surface area contributed by atoms with Gasteiger partial charge in [0, 0.05) is 10.5 Å². The van der Waals surface area contributed by atoms with Gasteiger partial charge in [-0.2, -0.15) is 25.8 Å². The molecule has 80 valence electrons. The molecule has 0 aliphatic rings. The summed E-state index contributed by atoms with van der Waals surface area (Å²) in [4.78, 5) is 0.166. The number of halogens is 3. The lowest BCUT2D eigenvalue weighted by Gasteiger charge is -2.04. The molecule has 1 aromatic carbocycles. The summed E-state index contributed by atoms with van der Waals surface area (Å²) in [5, 5.41) is 0. The molecule has 0 spiro atoms. The van der Waals surface area contributed by atoms with Crippen molar-refractivity contribution in [1.29, 1.82) is 0 Å². The summed E-state index contributed by atoms with van der Waals surface area (Å²) in [7, 11) is 0. The fourth-order valence-electron chi connectivity index (χ4n) is 0.882. The topological polar surface area (TPSA) is 0 Å². The Labute approximate surface area is 95.7 Å². The van der Waals surface area contributed by atoms with Crippen LogP contribution in [0, 0.1) is 11.8 Å². The smallest absolute Gasteiger partial charge is 0.166 e. The van der Waals surface area contributed by atoms with Gasteiger partial charge in [0.1, 0.15) is 0 Å². The largest absolute Gasteiger partial charge is 0.446 e. The van der Waals surface area contributed by atoms with Crippen LogP contribution in [0.25, 0.3) is 0 Å². The quantitative estimate of drug-likeness (QED) is 0.450. The zero-order valence-electron chi connectivity index (χ0n) is 7.51. The van der Waals surface area contributed by atoms with Crippen molar-refractivity contribution < 1.29 is 13.2 Å². The Morgan fingerprint density at radius 1 is 1.20 bits per heavy atom. The Hall–Kier alpha value is -0.730. The van der Waals surface area contributed by atoms with E-state index in [-0.39, 0.29) is 16.7 Å². The summed E-state index contributed by atoms with van der Waals surface area (Å²) in [5.41, 5.74) is -3.55. The molecule has 0 unspecified atom stereocenters. The zero-order chi connectivity index (χ0) is 11.3. The molecule has 1 rings (SSSR count). The van der Waals surface area contributed by atoms with Crippen LogP contribution < -0.4 is 0 Å². The fourth-order valence-corrected chi connectivity index (χ4v) is 1.50. The van der Waals surface area contributed by atoms with E-state index in [1.54, 1.807) is 12.1 Å². The first-order valence-corrected chi connectivity index (χ1v) is 5.42. The van der Waals surface area contributed by atoms with Crippen molar-refractivity contribution in [2.24, 2.45) is 0 Å². The SMILES string of the molecule is FC(F)(F)Sc1ccc(C#CCS)cc1. The third kappa shape index (κ3) is 5.05. The number of thiol groups is 1. The van der Waals surface area contributed by atoms with E-state index in [2.05, 4.69) is 24.5 Å². The standard InChI is InChI=1S/C10H7F3S2/c11-10(12,13)15-9-5-3-8(4-6-9)2-1-7-14/h3-6,14H,7H2. The van der Waals surface area contributed by atoms with Crippen LogP contribution in [0.2, 0.25) is 0 Å². The van der Waals surface area contributed by atoms with Crippen LogP contribution in [-0.4, -0.2) is 11.3 Å². The van der Waals surface area contributed by atoms with Crippen molar-refractivity contribution in [2.75, 3.05) is 5.75 Å². The van der Waals surface area contributed by atoms with Crippen molar-refractivity contribution in [3.05, 3.63) is 29.8 Å². The van der Waals surface area contributed by atoms with Gasteiger partial charge in [0.2, 0.25) is 0 Å². The number of hydrogen-bond acceptors (Lipinski definition) is 2. The first-order valence-electron chi connectivity index (χ1n) is 3.97. The fraction of sp³-hybridized carbons (Fsp3) is 0.200. The second kappa shape index (κ2) is 5.38. The molecule has 0 saturated heterocycles. The van der Waals surface area contributed by atoms with E-state index < -0.39 is 5.51 Å². The predicted molar refractivity (Wildman–Crippen MR) is 59.1 cm³/mol. The van der Waals surface area contributed by atoms with Crippen molar-refractivity contribution in [2.45, 2.75) is 10.4 Å². The molecular weight excluding hydrogens is 241 g/mol. The lowest BCUT2D eigenvalue weighted by atomic mass is 10.2. The molecule has 0 bridgehead atoms. The molecule has 1 aromatic rings. The first-order chi connectivity index (χ1) is 7.01. The number of hydrogen-bond donors (Lipinski definition) is 1. The van der Waals surface area contributed by atoms with E-state index in [1.807, 2.05) is 0 Å². The molecule has 0 N–H and O–H groups in total. The average Bonchev–Trinajstić information content (AvgIpc) is 2.14. The molecule has 0 heterocycles. The van der Waals surface area contributed by atoms with Gasteiger partial charge in [-0.3, -0.25) is 0 Å². The van der Waals surface area contributed by atoms with Crippen LogP contribution >= 0.6 is 24.4 Å². The van der Waals surface area contributed by atoms with Gasteiger partial charge in [-0.1, -0.05) is 11.8 Å². The van der Waals surface area contributed by atoms with Gasteiger partial charge in [0.25, 0.3) is 0 Å². The molecular formula is C10H7F3S2. The monoisotopic (exact) mass is 248 g/mol. The molecule has 0 atom stereocenters. The third-order valence-electron chi connectivity index (χ3n) is 1.40. The summed E-state index contributed by atoms with van der Waals surface area (Å²) in [6, 6.07) is 5.93. The molecule has 0 aromatic heterocycles. The normalized spacial score (nSPS) is 10.7. The summed E-state index contributed by atoms with van der Waals surface area (Å²) >= 11 is 3.77. The van der Waals surface area contributed by atoms with E-state index in [1.165, 1.54) is 12.1 Å². The Morgan fingerprint density at radius 2 is 1.80 bits per heavy atom. The first kappa shape index (κ1) is 12.3. The van der Waals surface area contributed by atoms with E-state index in [0.717, 1.165) is 0 Å². The minimum absolute atomic E-state index is 0.130. The number of benzene rings is 1. The van der Waals surface area contributed by atoms with Crippen LogP contribution in [0.1, 0.15) is 5.56 Å². The summed E-state index contributed by atoms with van der Waals surface area (Å²) < 4.78 is 35.9. The highest BCUT2D eigenvalue weighted by Crippen LogP contribution is 2.36. The maximum absolute atomic E-state index is 12.0. The molecule has 0 nitrogen and oxygen atoms in total. The van der Waals surface area contributed by atoms with Crippen LogP contribution in [-0.2, 0) is 0 Å². The van der Waals surface area contributed by atoms with Crippen LogP contribution in [0.3, 0.4) is 0 Å². The highest BCUT2D eigenvalue weighted by molar-refractivity contribution is 8.00. The second-order valence-corrected chi connectivity index (χ2v) is 3.99. The molecule has 0 saturated carbocycles. The number of rotatable bonds is 1. The summed E-state index contributed by atoms with van der Waals surface area (Å²) in [5.74, 6) is 5.91. The van der Waals surface area contributed by atoms with Crippen molar-refractivity contribution in [3.63, 3.8) is 0 Å². The third-order valence-corrected chi connectivity index (χ3v) is 2.30. The Balaban J connectivity index is 2.73. The Morgan fingerprint density at radius 3 is 2.27 bits per heavy atom. The minimum Gasteiger partial charge on any atom is -0.166 e. The molecule has 0 fully saturated rings. The second-order valence-electron chi connectivity index (χ2n) is 2.53. The van der Waals surface area contributed by atoms with Gasteiger partial charge in [-0.25, -0.2) is 0 Å². The van der Waals surface area contributed by atoms with Crippen LogP contribution in [0.15, 0.2) is 29.2 Å². The highest BCUT2D eigenvalue weighted by atomic mass is 32.2. The number of alkyl halides is 3. The van der Waals surface area contributed by atoms with Gasteiger partial charge in [-0.05, 0) is 36.0 Å². The Bertz CT molecular complexity index is 370. The van der Waals surface area contributed by atoms with Crippen molar-refractivity contribution >= 4 is 24.4 Å². The van der Waals surface area contributed by atoms with E-state index in [0.29, 0.717) is 11.3 Å². The van der Waals surface area contributed by atoms with Gasteiger partial charge >= 0.3 is 5.51 Å². The zero-order valence-corrected chi connectivity index (χ0v) is 9.22. The number of thioether (sulfide) groups is 1. The van der Waals surface area contributed by atoms with Crippen LogP contribution in [0.5, 0.6) is 0 Å². The summed E-state index contributed by atoms with van der Waals surface area (Å²) in [6.45, 7) is 0. The predicted octanol–water partition coefficient (Wildman–Crippen LogP) is 3.58. The van der Waals surface area contributed by atoms with Gasteiger partial charge in [-0.15, -0.1) is 0 Å². The Kier molecular flexibility index (Phi) is 4.43. The van der Waals surface area contributed by atoms with E-state index >= 15 is 0 Å².